The molecule has 162 valence electrons. The highest BCUT2D eigenvalue weighted by molar-refractivity contribution is 6.07. The zero-order valence-corrected chi connectivity index (χ0v) is 17.8. The predicted octanol–water partition coefficient (Wildman–Crippen LogP) is 2.78. The van der Waals surface area contributed by atoms with Gasteiger partial charge in [0.2, 0.25) is 5.91 Å². The van der Waals surface area contributed by atoms with Crippen molar-refractivity contribution >= 4 is 17.8 Å². The molecular formula is C22H30N4O4. The van der Waals surface area contributed by atoms with E-state index in [1.54, 1.807) is 12.1 Å². The third-order valence-corrected chi connectivity index (χ3v) is 4.44. The number of hydrogen-bond donors (Lipinski definition) is 2. The van der Waals surface area contributed by atoms with E-state index in [-0.39, 0.29) is 29.8 Å². The highest BCUT2D eigenvalue weighted by Crippen LogP contribution is 2.23. The molecule has 2 amide bonds. The van der Waals surface area contributed by atoms with Crippen molar-refractivity contribution in [3.63, 3.8) is 0 Å². The lowest BCUT2D eigenvalue weighted by Crippen LogP contribution is -2.40. The minimum absolute atomic E-state index is 0.102. The Balaban J connectivity index is 2.25. The van der Waals surface area contributed by atoms with Gasteiger partial charge in [0, 0.05) is 18.4 Å². The van der Waals surface area contributed by atoms with E-state index in [4.69, 9.17) is 14.7 Å². The van der Waals surface area contributed by atoms with E-state index in [0.717, 1.165) is 0 Å². The lowest BCUT2D eigenvalue weighted by molar-refractivity contribution is -0.122. The first-order valence-electron chi connectivity index (χ1n) is 10.1. The molecule has 1 atom stereocenters. The maximum Gasteiger partial charge on any atom is 0.413 e. The number of aliphatic imine (C=N–C) groups is 1. The Morgan fingerprint density at radius 1 is 1.27 bits per heavy atom. The summed E-state index contributed by atoms with van der Waals surface area (Å²) in [6, 6.07) is 10.2. The zero-order valence-electron chi connectivity index (χ0n) is 17.8. The summed E-state index contributed by atoms with van der Waals surface area (Å²) in [5.41, 5.74) is 0.469. The summed E-state index contributed by atoms with van der Waals surface area (Å²) in [6.07, 6.45) is 0.914. The van der Waals surface area contributed by atoms with Crippen LogP contribution in [0, 0.1) is 16.7 Å². The summed E-state index contributed by atoms with van der Waals surface area (Å²) in [7, 11) is 0. The van der Waals surface area contributed by atoms with Crippen molar-refractivity contribution in [1.29, 1.82) is 5.26 Å². The Morgan fingerprint density at radius 3 is 2.53 bits per heavy atom. The Bertz CT molecular complexity index is 775. The molecule has 1 saturated heterocycles. The van der Waals surface area contributed by atoms with Crippen molar-refractivity contribution in [3.05, 3.63) is 35.9 Å². The fraction of sp³-hybridized carbons (Fsp3) is 0.545. The number of nitrogens with zero attached hydrogens (tertiary/aromatic N) is 2. The summed E-state index contributed by atoms with van der Waals surface area (Å²) in [6.45, 7) is 7.02. The molecule has 0 spiro atoms. The average molecular weight is 415 g/mol. The average Bonchev–Trinajstić information content (AvgIpc) is 2.71. The molecule has 8 nitrogen and oxygen atoms in total. The molecule has 0 radical (unpaired) electrons. The predicted molar refractivity (Wildman–Crippen MR) is 113 cm³/mol. The molecule has 0 bridgehead atoms. The standard InChI is InChI=1S/C22H30N4O4/c1-22(2,3)15-18(20(27)24-12-11-23)25-19(16-7-5-4-6-8-16)26-21(28)30-17-9-13-29-14-10-17/h4-8,17-18H,9-10,12-15H2,1-3H3,(H,24,27)(H,25,26,28)/t18-/m0/s1. The summed E-state index contributed by atoms with van der Waals surface area (Å²) < 4.78 is 10.8. The van der Waals surface area contributed by atoms with Crippen molar-refractivity contribution in [2.45, 2.75) is 52.2 Å². The molecule has 2 rings (SSSR count). The second kappa shape index (κ2) is 11.3. The van der Waals surface area contributed by atoms with E-state index in [9.17, 15) is 9.59 Å². The molecule has 1 aliphatic rings. The summed E-state index contributed by atoms with van der Waals surface area (Å²) >= 11 is 0. The number of amides is 2. The van der Waals surface area contributed by atoms with Gasteiger partial charge in [-0.1, -0.05) is 51.1 Å². The molecule has 30 heavy (non-hydrogen) atoms. The van der Waals surface area contributed by atoms with Crippen LogP contribution in [0.15, 0.2) is 35.3 Å². The van der Waals surface area contributed by atoms with Crippen molar-refractivity contribution in [2.75, 3.05) is 19.8 Å². The first kappa shape index (κ1) is 23.4. The minimum atomic E-state index is -0.767. The maximum absolute atomic E-state index is 12.6. The second-order valence-corrected chi connectivity index (χ2v) is 8.34. The molecule has 1 aromatic carbocycles. The van der Waals surface area contributed by atoms with Gasteiger partial charge in [-0.3, -0.25) is 15.1 Å². The number of amidine groups is 1. The fourth-order valence-corrected chi connectivity index (χ4v) is 3.02. The molecular weight excluding hydrogens is 384 g/mol. The molecule has 1 heterocycles. The van der Waals surface area contributed by atoms with E-state index >= 15 is 0 Å². The number of carbonyl (C=O) groups excluding carboxylic acids is 2. The van der Waals surface area contributed by atoms with Crippen LogP contribution in [0.3, 0.4) is 0 Å². The minimum Gasteiger partial charge on any atom is -0.446 e. The lowest BCUT2D eigenvalue weighted by Gasteiger charge is -2.24. The van der Waals surface area contributed by atoms with Gasteiger partial charge in [0.05, 0.1) is 19.3 Å². The number of benzene rings is 1. The van der Waals surface area contributed by atoms with E-state index in [2.05, 4.69) is 15.6 Å². The molecule has 0 unspecified atom stereocenters. The SMILES string of the molecule is CC(C)(C)C[C@H](N=C(NC(=O)OC1CCOCC1)c1ccccc1)C(=O)NCC#N. The highest BCUT2D eigenvalue weighted by Gasteiger charge is 2.26. The van der Waals surface area contributed by atoms with Gasteiger partial charge in [-0.25, -0.2) is 4.79 Å². The van der Waals surface area contributed by atoms with Crippen molar-refractivity contribution in [1.82, 2.24) is 10.6 Å². The van der Waals surface area contributed by atoms with Gasteiger partial charge in [0.1, 0.15) is 24.5 Å². The van der Waals surface area contributed by atoms with E-state index in [1.165, 1.54) is 0 Å². The van der Waals surface area contributed by atoms with Crippen LogP contribution in [0.2, 0.25) is 0 Å². The van der Waals surface area contributed by atoms with Crippen LogP contribution in [0.5, 0.6) is 0 Å². The molecule has 1 aromatic rings. The molecule has 1 aliphatic heterocycles. The van der Waals surface area contributed by atoms with Crippen LogP contribution in [0.4, 0.5) is 4.79 Å². The Kier molecular flexibility index (Phi) is 8.81. The van der Waals surface area contributed by atoms with Gasteiger partial charge < -0.3 is 14.8 Å². The number of ether oxygens (including phenoxy) is 2. The quantitative estimate of drug-likeness (QED) is 0.422. The summed E-state index contributed by atoms with van der Waals surface area (Å²) in [4.78, 5) is 29.7. The first-order valence-corrected chi connectivity index (χ1v) is 10.1. The van der Waals surface area contributed by atoms with E-state index in [1.807, 2.05) is 45.0 Å². The maximum atomic E-state index is 12.6. The zero-order chi connectivity index (χ0) is 22.0. The number of alkyl carbamates (subject to hydrolysis) is 1. The third-order valence-electron chi connectivity index (χ3n) is 4.44. The Morgan fingerprint density at radius 2 is 1.93 bits per heavy atom. The van der Waals surface area contributed by atoms with Crippen LogP contribution in [-0.4, -0.2) is 49.7 Å². The fourth-order valence-electron chi connectivity index (χ4n) is 3.02. The number of hydrogen-bond acceptors (Lipinski definition) is 6. The van der Waals surface area contributed by atoms with Gasteiger partial charge in [0.25, 0.3) is 0 Å². The summed E-state index contributed by atoms with van der Waals surface area (Å²) in [5.74, 6) is -0.103. The number of rotatable bonds is 6. The van der Waals surface area contributed by atoms with Crippen LogP contribution in [0.1, 0.15) is 45.6 Å². The lowest BCUT2D eigenvalue weighted by atomic mass is 9.88. The van der Waals surface area contributed by atoms with Gasteiger partial charge in [-0.2, -0.15) is 5.26 Å². The van der Waals surface area contributed by atoms with Crippen LogP contribution < -0.4 is 10.6 Å². The van der Waals surface area contributed by atoms with Gasteiger partial charge in [0.15, 0.2) is 0 Å². The first-order chi connectivity index (χ1) is 14.3. The normalized spacial score (nSPS) is 16.3. The number of nitriles is 1. The van der Waals surface area contributed by atoms with Crippen LogP contribution in [-0.2, 0) is 14.3 Å². The second-order valence-electron chi connectivity index (χ2n) is 8.34. The number of nitrogens with one attached hydrogen (secondary N) is 2. The van der Waals surface area contributed by atoms with Gasteiger partial charge in [-0.15, -0.1) is 0 Å². The summed E-state index contributed by atoms with van der Waals surface area (Å²) in [5, 5.41) is 14.1. The van der Waals surface area contributed by atoms with E-state index < -0.39 is 12.1 Å². The van der Waals surface area contributed by atoms with Crippen molar-refractivity contribution in [3.8, 4) is 6.07 Å². The van der Waals surface area contributed by atoms with Gasteiger partial charge in [-0.05, 0) is 11.8 Å². The molecule has 2 N–H and O–H groups in total. The topological polar surface area (TPSA) is 113 Å². The monoisotopic (exact) mass is 414 g/mol. The van der Waals surface area contributed by atoms with E-state index in [0.29, 0.717) is 38.0 Å². The molecule has 0 saturated carbocycles. The highest BCUT2D eigenvalue weighted by atomic mass is 16.6. The number of carbonyl (C=O) groups is 2. The largest absolute Gasteiger partial charge is 0.446 e. The molecule has 1 fully saturated rings. The van der Waals surface area contributed by atoms with Crippen molar-refractivity contribution in [2.24, 2.45) is 10.4 Å². The van der Waals surface area contributed by atoms with Gasteiger partial charge >= 0.3 is 6.09 Å². The third kappa shape index (κ3) is 8.21. The molecule has 8 heteroatoms. The molecule has 0 aromatic heterocycles. The van der Waals surface area contributed by atoms with Crippen molar-refractivity contribution < 1.29 is 19.1 Å². The van der Waals surface area contributed by atoms with Crippen LogP contribution in [0.25, 0.3) is 0 Å². The Labute approximate surface area is 177 Å². The smallest absolute Gasteiger partial charge is 0.413 e. The van der Waals surface area contributed by atoms with Crippen LogP contribution >= 0.6 is 0 Å². The molecule has 0 aliphatic carbocycles. The Hall–Kier alpha value is -2.92.